The van der Waals surface area contributed by atoms with E-state index in [9.17, 15) is 0 Å². The van der Waals surface area contributed by atoms with E-state index in [0.717, 1.165) is 18.7 Å². The normalized spacial score (nSPS) is 22.8. The van der Waals surface area contributed by atoms with Gasteiger partial charge in [0.15, 0.2) is 0 Å². The SMILES string of the molecule is Cc1c(N)nsc1N1CC(C)(C)OC(C)(C)C1. The highest BCUT2D eigenvalue weighted by molar-refractivity contribution is 7.10. The molecule has 0 saturated carbocycles. The van der Waals surface area contributed by atoms with E-state index in [-0.39, 0.29) is 11.2 Å². The molecule has 1 aliphatic rings. The van der Waals surface area contributed by atoms with Crippen LogP contribution in [0.1, 0.15) is 33.3 Å². The Balaban J connectivity index is 2.30. The second-order valence-corrected chi connectivity index (χ2v) is 6.73. The summed E-state index contributed by atoms with van der Waals surface area (Å²) in [6, 6.07) is 0. The number of ether oxygens (including phenoxy) is 1. The first-order valence-corrected chi connectivity index (χ1v) is 6.64. The van der Waals surface area contributed by atoms with Crippen LogP contribution in [0.3, 0.4) is 0 Å². The summed E-state index contributed by atoms with van der Waals surface area (Å²) in [5.74, 6) is 0.645. The lowest BCUT2D eigenvalue weighted by Crippen LogP contribution is -2.57. The zero-order valence-corrected chi connectivity index (χ0v) is 12.0. The minimum absolute atomic E-state index is 0.146. The molecule has 1 aliphatic heterocycles. The van der Waals surface area contributed by atoms with Crippen LogP contribution in [-0.2, 0) is 4.74 Å². The molecule has 2 N–H and O–H groups in total. The van der Waals surface area contributed by atoms with Gasteiger partial charge in [-0.2, -0.15) is 4.37 Å². The molecular weight excluding hydrogens is 234 g/mol. The van der Waals surface area contributed by atoms with Gasteiger partial charge in [-0.05, 0) is 46.2 Å². The molecule has 0 bridgehead atoms. The molecule has 0 spiro atoms. The van der Waals surface area contributed by atoms with Gasteiger partial charge in [-0.3, -0.25) is 0 Å². The van der Waals surface area contributed by atoms with Crippen molar-refractivity contribution in [3.05, 3.63) is 5.56 Å². The van der Waals surface area contributed by atoms with E-state index in [2.05, 4.69) is 37.0 Å². The van der Waals surface area contributed by atoms with Crippen LogP contribution in [0, 0.1) is 6.92 Å². The molecule has 4 nitrogen and oxygen atoms in total. The van der Waals surface area contributed by atoms with Gasteiger partial charge in [-0.25, -0.2) is 0 Å². The monoisotopic (exact) mass is 255 g/mol. The predicted molar refractivity (Wildman–Crippen MR) is 72.7 cm³/mol. The number of nitrogens with zero attached hydrogens (tertiary/aromatic N) is 2. The number of rotatable bonds is 1. The highest BCUT2D eigenvalue weighted by Crippen LogP contribution is 2.36. The number of nitrogens with two attached hydrogens (primary N) is 1. The number of morpholine rings is 1. The van der Waals surface area contributed by atoms with Crippen molar-refractivity contribution in [2.24, 2.45) is 0 Å². The molecule has 1 fully saturated rings. The van der Waals surface area contributed by atoms with Crippen LogP contribution in [-0.4, -0.2) is 28.7 Å². The number of aromatic nitrogens is 1. The average molecular weight is 255 g/mol. The molecule has 0 aromatic carbocycles. The molecule has 5 heteroatoms. The van der Waals surface area contributed by atoms with Crippen LogP contribution < -0.4 is 10.6 Å². The average Bonchev–Trinajstić information content (AvgIpc) is 2.42. The van der Waals surface area contributed by atoms with Gasteiger partial charge in [0.25, 0.3) is 0 Å². The Kier molecular flexibility index (Phi) is 2.86. The maximum atomic E-state index is 6.07. The summed E-state index contributed by atoms with van der Waals surface area (Å²) < 4.78 is 10.3. The zero-order chi connectivity index (χ0) is 12.8. The maximum Gasteiger partial charge on any atom is 0.142 e. The molecule has 0 aliphatic carbocycles. The van der Waals surface area contributed by atoms with Crippen LogP contribution in [0.25, 0.3) is 0 Å². The third-order valence-corrected chi connectivity index (χ3v) is 3.94. The molecule has 1 aromatic heterocycles. The first kappa shape index (κ1) is 12.6. The Bertz CT molecular complexity index is 409. The Labute approximate surface area is 107 Å². The van der Waals surface area contributed by atoms with Gasteiger partial charge in [0.2, 0.25) is 0 Å². The smallest absolute Gasteiger partial charge is 0.142 e. The van der Waals surface area contributed by atoms with Crippen LogP contribution >= 0.6 is 11.5 Å². The molecule has 2 rings (SSSR count). The lowest BCUT2D eigenvalue weighted by atomic mass is 9.99. The second kappa shape index (κ2) is 3.85. The van der Waals surface area contributed by atoms with E-state index in [1.165, 1.54) is 16.5 Å². The van der Waals surface area contributed by atoms with Crippen molar-refractivity contribution in [2.75, 3.05) is 23.7 Å². The van der Waals surface area contributed by atoms with Crippen molar-refractivity contribution in [3.63, 3.8) is 0 Å². The van der Waals surface area contributed by atoms with E-state index < -0.39 is 0 Å². The largest absolute Gasteiger partial charge is 0.383 e. The number of hydrogen-bond acceptors (Lipinski definition) is 5. The van der Waals surface area contributed by atoms with E-state index in [1.807, 2.05) is 6.92 Å². The van der Waals surface area contributed by atoms with Crippen molar-refractivity contribution in [2.45, 2.75) is 45.8 Å². The molecule has 96 valence electrons. The second-order valence-electron chi connectivity index (χ2n) is 5.98. The summed E-state index contributed by atoms with van der Waals surface area (Å²) in [7, 11) is 0. The van der Waals surface area contributed by atoms with Crippen molar-refractivity contribution in [1.29, 1.82) is 0 Å². The van der Waals surface area contributed by atoms with Crippen molar-refractivity contribution < 1.29 is 4.74 Å². The Morgan fingerprint density at radius 3 is 2.18 bits per heavy atom. The summed E-state index contributed by atoms with van der Waals surface area (Å²) in [6.45, 7) is 12.3. The minimum Gasteiger partial charge on any atom is -0.383 e. The summed E-state index contributed by atoms with van der Waals surface area (Å²) in [4.78, 5) is 2.34. The van der Waals surface area contributed by atoms with Crippen LogP contribution in [0.5, 0.6) is 0 Å². The first-order valence-electron chi connectivity index (χ1n) is 5.87. The third-order valence-electron chi connectivity index (χ3n) is 2.92. The van der Waals surface area contributed by atoms with Crippen molar-refractivity contribution in [3.8, 4) is 0 Å². The molecule has 0 amide bonds. The van der Waals surface area contributed by atoms with Crippen molar-refractivity contribution >= 4 is 22.4 Å². The lowest BCUT2D eigenvalue weighted by Gasteiger charge is -2.47. The molecule has 0 atom stereocenters. The standard InChI is InChI=1S/C12H21N3OS/c1-8-9(13)14-17-10(8)15-6-11(2,3)16-12(4,5)7-15/h6-7H2,1-5H3,(H2,13,14). The molecule has 17 heavy (non-hydrogen) atoms. The van der Waals surface area contributed by atoms with Gasteiger partial charge in [0, 0.05) is 18.7 Å². The number of hydrogen-bond donors (Lipinski definition) is 1. The van der Waals surface area contributed by atoms with Gasteiger partial charge in [-0.1, -0.05) is 0 Å². The predicted octanol–water partition coefficient (Wildman–Crippen LogP) is 2.43. The summed E-state index contributed by atoms with van der Waals surface area (Å²) in [6.07, 6.45) is 0. The summed E-state index contributed by atoms with van der Waals surface area (Å²) in [5.41, 5.74) is 6.62. The van der Waals surface area contributed by atoms with E-state index in [4.69, 9.17) is 10.5 Å². The Hall–Kier alpha value is -0.810. The number of nitrogen functional groups attached to an aromatic ring is 1. The lowest BCUT2D eigenvalue weighted by molar-refractivity contribution is -0.132. The fraction of sp³-hybridized carbons (Fsp3) is 0.750. The van der Waals surface area contributed by atoms with Gasteiger partial charge in [0.05, 0.1) is 11.2 Å². The highest BCUT2D eigenvalue weighted by atomic mass is 32.1. The maximum absolute atomic E-state index is 6.07. The summed E-state index contributed by atoms with van der Waals surface area (Å²) in [5, 5.41) is 1.17. The van der Waals surface area contributed by atoms with E-state index in [0.29, 0.717) is 5.82 Å². The number of anilines is 2. The molecule has 1 aromatic rings. The minimum atomic E-state index is -0.146. The van der Waals surface area contributed by atoms with Gasteiger partial charge in [0.1, 0.15) is 10.8 Å². The quantitative estimate of drug-likeness (QED) is 0.837. The summed E-state index contributed by atoms with van der Waals surface area (Å²) >= 11 is 1.48. The Morgan fingerprint density at radius 1 is 1.24 bits per heavy atom. The van der Waals surface area contributed by atoms with E-state index in [1.54, 1.807) is 0 Å². The first-order chi connectivity index (χ1) is 7.70. The van der Waals surface area contributed by atoms with Crippen molar-refractivity contribution in [1.82, 2.24) is 4.37 Å². The zero-order valence-electron chi connectivity index (χ0n) is 11.2. The fourth-order valence-electron chi connectivity index (χ4n) is 2.57. The topological polar surface area (TPSA) is 51.4 Å². The molecule has 0 radical (unpaired) electrons. The molecular formula is C12H21N3OS. The molecule has 1 saturated heterocycles. The third kappa shape index (κ3) is 2.55. The molecule has 0 unspecified atom stereocenters. The van der Waals surface area contributed by atoms with Crippen LogP contribution in [0.15, 0.2) is 0 Å². The molecule has 2 heterocycles. The van der Waals surface area contributed by atoms with E-state index >= 15 is 0 Å². The van der Waals surface area contributed by atoms with Gasteiger partial charge < -0.3 is 15.4 Å². The van der Waals surface area contributed by atoms with Crippen LogP contribution in [0.4, 0.5) is 10.8 Å². The van der Waals surface area contributed by atoms with Gasteiger partial charge >= 0.3 is 0 Å². The highest BCUT2D eigenvalue weighted by Gasteiger charge is 2.39. The Morgan fingerprint density at radius 2 is 1.76 bits per heavy atom. The fourth-order valence-corrected chi connectivity index (χ4v) is 3.37. The van der Waals surface area contributed by atoms with Crippen LogP contribution in [0.2, 0.25) is 0 Å². The van der Waals surface area contributed by atoms with Gasteiger partial charge in [-0.15, -0.1) is 0 Å².